The first kappa shape index (κ1) is 23.2. The van der Waals surface area contributed by atoms with Gasteiger partial charge in [0.1, 0.15) is 12.4 Å². The maximum Gasteiger partial charge on any atom is 0.251 e. The van der Waals surface area contributed by atoms with Crippen LogP contribution < -0.4 is 10.6 Å². The topological polar surface area (TPSA) is 76.0 Å². The number of nitrogens with zero attached hydrogens (tertiary/aromatic N) is 2. The second-order valence-electron chi connectivity index (χ2n) is 8.69. The van der Waals surface area contributed by atoms with Crippen LogP contribution >= 0.6 is 0 Å². The van der Waals surface area contributed by atoms with E-state index in [1.807, 2.05) is 86.0 Å². The highest BCUT2D eigenvalue weighted by Crippen LogP contribution is 2.19. The summed E-state index contributed by atoms with van der Waals surface area (Å²) in [6.07, 6.45) is 1.37. The number of imidazole rings is 1. The lowest BCUT2D eigenvalue weighted by atomic mass is 10.1. The number of carbonyl (C=O) groups excluding carboxylic acids is 2. The molecule has 174 valence electrons. The zero-order chi connectivity index (χ0) is 24.1. The van der Waals surface area contributed by atoms with Crippen molar-refractivity contribution in [1.82, 2.24) is 14.9 Å². The van der Waals surface area contributed by atoms with Gasteiger partial charge in [0.25, 0.3) is 5.91 Å². The van der Waals surface area contributed by atoms with Gasteiger partial charge in [-0.15, -0.1) is 0 Å². The summed E-state index contributed by atoms with van der Waals surface area (Å²) in [6.45, 7) is 6.73. The SMILES string of the molecule is Cc1ccc(C(=O)NCCCc2nc3ccccc3n2CC(=O)Nc2ccc(C)cc2C)cc1. The number of aromatic nitrogens is 2. The minimum atomic E-state index is -0.0935. The standard InChI is InChI=1S/C28H30N4O2/c1-19-10-13-22(14-11-19)28(34)29-16-6-9-26-30-24-7-4-5-8-25(24)32(26)18-27(33)31-23-15-12-20(2)17-21(23)3/h4-5,7-8,10-15,17H,6,9,16,18H2,1-3H3,(H,29,34)(H,31,33). The van der Waals surface area contributed by atoms with E-state index in [0.29, 0.717) is 18.5 Å². The van der Waals surface area contributed by atoms with Crippen LogP contribution in [0.3, 0.4) is 0 Å². The molecular weight excluding hydrogens is 424 g/mol. The quantitative estimate of drug-likeness (QED) is 0.369. The van der Waals surface area contributed by atoms with Crippen molar-refractivity contribution in [3.63, 3.8) is 0 Å². The number of rotatable bonds is 8. The third-order valence-corrected chi connectivity index (χ3v) is 5.87. The van der Waals surface area contributed by atoms with E-state index in [2.05, 4.69) is 16.7 Å². The Bertz CT molecular complexity index is 1320. The molecule has 3 aromatic carbocycles. The smallest absolute Gasteiger partial charge is 0.251 e. The van der Waals surface area contributed by atoms with E-state index >= 15 is 0 Å². The number of hydrogen-bond donors (Lipinski definition) is 2. The summed E-state index contributed by atoms with van der Waals surface area (Å²) >= 11 is 0. The third kappa shape index (κ3) is 5.52. The van der Waals surface area contributed by atoms with Gasteiger partial charge < -0.3 is 15.2 Å². The summed E-state index contributed by atoms with van der Waals surface area (Å²) < 4.78 is 1.97. The van der Waals surface area contributed by atoms with Gasteiger partial charge >= 0.3 is 0 Å². The van der Waals surface area contributed by atoms with Crippen LogP contribution in [-0.2, 0) is 17.8 Å². The second-order valence-corrected chi connectivity index (χ2v) is 8.69. The molecular formula is C28H30N4O2. The molecule has 0 saturated heterocycles. The summed E-state index contributed by atoms with van der Waals surface area (Å²) in [5.41, 5.74) is 6.58. The Morgan fingerprint density at radius 1 is 0.912 bits per heavy atom. The summed E-state index contributed by atoms with van der Waals surface area (Å²) in [6, 6.07) is 21.3. The molecule has 0 bridgehead atoms. The Morgan fingerprint density at radius 3 is 2.41 bits per heavy atom. The van der Waals surface area contributed by atoms with Crippen LogP contribution in [0.2, 0.25) is 0 Å². The van der Waals surface area contributed by atoms with Gasteiger partial charge in [-0.1, -0.05) is 47.5 Å². The number of fused-ring (bicyclic) bond motifs is 1. The highest BCUT2D eigenvalue weighted by molar-refractivity contribution is 5.94. The first-order chi connectivity index (χ1) is 16.4. The number of nitrogens with one attached hydrogen (secondary N) is 2. The Morgan fingerprint density at radius 2 is 1.65 bits per heavy atom. The number of amides is 2. The van der Waals surface area contributed by atoms with Gasteiger partial charge in [-0.3, -0.25) is 9.59 Å². The van der Waals surface area contributed by atoms with Crippen LogP contribution in [0.5, 0.6) is 0 Å². The third-order valence-electron chi connectivity index (χ3n) is 5.87. The zero-order valence-corrected chi connectivity index (χ0v) is 19.9. The fraction of sp³-hybridized carbons (Fsp3) is 0.250. The number of para-hydroxylation sites is 2. The Kier molecular flexibility index (Phi) is 7.07. The molecule has 0 unspecified atom stereocenters. The lowest BCUT2D eigenvalue weighted by molar-refractivity contribution is -0.116. The fourth-order valence-corrected chi connectivity index (χ4v) is 4.04. The number of benzene rings is 3. The average Bonchev–Trinajstić information content (AvgIpc) is 3.16. The Labute approximate surface area is 200 Å². The lowest BCUT2D eigenvalue weighted by Gasteiger charge is -2.12. The van der Waals surface area contributed by atoms with Gasteiger partial charge in [0.15, 0.2) is 0 Å². The largest absolute Gasteiger partial charge is 0.352 e. The normalized spacial score (nSPS) is 10.9. The van der Waals surface area contributed by atoms with Crippen LogP contribution in [0.1, 0.15) is 39.3 Å². The summed E-state index contributed by atoms with van der Waals surface area (Å²) in [7, 11) is 0. The first-order valence-corrected chi connectivity index (χ1v) is 11.6. The van der Waals surface area contributed by atoms with Crippen molar-refractivity contribution in [1.29, 1.82) is 0 Å². The highest BCUT2D eigenvalue weighted by atomic mass is 16.2. The van der Waals surface area contributed by atoms with Crippen molar-refractivity contribution >= 4 is 28.5 Å². The summed E-state index contributed by atoms with van der Waals surface area (Å²) in [5.74, 6) is 0.659. The van der Waals surface area contributed by atoms with Crippen LogP contribution in [0.15, 0.2) is 66.7 Å². The van der Waals surface area contributed by atoms with Gasteiger partial charge in [-0.05, 0) is 63.1 Å². The highest BCUT2D eigenvalue weighted by Gasteiger charge is 2.14. The van der Waals surface area contributed by atoms with Gasteiger partial charge in [0.05, 0.1) is 11.0 Å². The Balaban J connectivity index is 1.42. The van der Waals surface area contributed by atoms with E-state index in [-0.39, 0.29) is 18.4 Å². The number of aryl methyl sites for hydroxylation is 4. The molecule has 2 amide bonds. The molecule has 1 aromatic heterocycles. The minimum Gasteiger partial charge on any atom is -0.352 e. The molecule has 6 nitrogen and oxygen atoms in total. The molecule has 6 heteroatoms. The monoisotopic (exact) mass is 454 g/mol. The molecule has 1 heterocycles. The molecule has 0 atom stereocenters. The molecule has 34 heavy (non-hydrogen) atoms. The van der Waals surface area contributed by atoms with Gasteiger partial charge in [0.2, 0.25) is 5.91 Å². The molecule has 2 N–H and O–H groups in total. The zero-order valence-electron chi connectivity index (χ0n) is 19.9. The first-order valence-electron chi connectivity index (χ1n) is 11.6. The molecule has 4 aromatic rings. The molecule has 0 aliphatic rings. The average molecular weight is 455 g/mol. The van der Waals surface area contributed by atoms with E-state index < -0.39 is 0 Å². The van der Waals surface area contributed by atoms with E-state index in [0.717, 1.165) is 45.7 Å². The second kappa shape index (κ2) is 10.3. The van der Waals surface area contributed by atoms with E-state index in [1.54, 1.807) is 0 Å². The molecule has 0 spiro atoms. The number of anilines is 1. The summed E-state index contributed by atoms with van der Waals surface area (Å²) in [5, 5.41) is 6.00. The van der Waals surface area contributed by atoms with Crippen LogP contribution in [-0.4, -0.2) is 27.9 Å². The van der Waals surface area contributed by atoms with Crippen molar-refractivity contribution < 1.29 is 9.59 Å². The minimum absolute atomic E-state index is 0.0821. The number of hydrogen-bond acceptors (Lipinski definition) is 3. The van der Waals surface area contributed by atoms with Crippen LogP contribution in [0, 0.1) is 20.8 Å². The van der Waals surface area contributed by atoms with Crippen molar-refractivity contribution in [3.8, 4) is 0 Å². The van der Waals surface area contributed by atoms with E-state index in [4.69, 9.17) is 4.98 Å². The molecule has 0 saturated carbocycles. The van der Waals surface area contributed by atoms with Crippen molar-refractivity contribution in [3.05, 3.63) is 94.8 Å². The Hall–Kier alpha value is -3.93. The number of carbonyl (C=O) groups is 2. The van der Waals surface area contributed by atoms with Crippen molar-refractivity contribution in [2.75, 3.05) is 11.9 Å². The van der Waals surface area contributed by atoms with E-state index in [1.165, 1.54) is 0 Å². The maximum absolute atomic E-state index is 12.9. The van der Waals surface area contributed by atoms with Crippen LogP contribution in [0.25, 0.3) is 11.0 Å². The molecule has 4 rings (SSSR count). The predicted molar refractivity (Wildman–Crippen MR) is 136 cm³/mol. The van der Waals surface area contributed by atoms with Crippen LogP contribution in [0.4, 0.5) is 5.69 Å². The lowest BCUT2D eigenvalue weighted by Crippen LogP contribution is -2.25. The molecule has 0 radical (unpaired) electrons. The van der Waals surface area contributed by atoms with Gasteiger partial charge in [-0.2, -0.15) is 0 Å². The molecule has 0 aliphatic carbocycles. The fourth-order valence-electron chi connectivity index (χ4n) is 4.04. The predicted octanol–water partition coefficient (Wildman–Crippen LogP) is 4.96. The van der Waals surface area contributed by atoms with Crippen molar-refractivity contribution in [2.24, 2.45) is 0 Å². The van der Waals surface area contributed by atoms with Gasteiger partial charge in [0, 0.05) is 24.2 Å². The summed E-state index contributed by atoms with van der Waals surface area (Å²) in [4.78, 5) is 30.0. The maximum atomic E-state index is 12.9. The molecule has 0 aliphatic heterocycles. The molecule has 0 fully saturated rings. The van der Waals surface area contributed by atoms with Crippen molar-refractivity contribution in [2.45, 2.75) is 40.2 Å². The van der Waals surface area contributed by atoms with E-state index in [9.17, 15) is 9.59 Å². The van der Waals surface area contributed by atoms with Gasteiger partial charge in [-0.25, -0.2) is 4.98 Å².